The molecule has 0 radical (unpaired) electrons. The van der Waals surface area contributed by atoms with Crippen LogP contribution in [-0.2, 0) is 0 Å². The molecule has 1 aliphatic heterocycles. The van der Waals surface area contributed by atoms with Gasteiger partial charge in [0.2, 0.25) is 5.88 Å². The molecule has 1 saturated heterocycles. The summed E-state index contributed by atoms with van der Waals surface area (Å²) < 4.78 is 5.62. The first-order valence-electron chi connectivity index (χ1n) is 6.47. The van der Waals surface area contributed by atoms with Gasteiger partial charge in [0.15, 0.2) is 0 Å². The Labute approximate surface area is 118 Å². The summed E-state index contributed by atoms with van der Waals surface area (Å²) in [4.78, 5) is 17.6. The molecule has 1 N–H and O–H groups in total. The number of pyridine rings is 1. The molecule has 1 aromatic rings. The Kier molecular flexibility index (Phi) is 3.79. The summed E-state index contributed by atoms with van der Waals surface area (Å²) in [7, 11) is 0. The van der Waals surface area contributed by atoms with Gasteiger partial charge in [-0.2, -0.15) is 5.26 Å². The molecule has 0 unspecified atom stereocenters. The third-order valence-corrected chi connectivity index (χ3v) is 2.77. The molecule has 0 bridgehead atoms. The molecule has 1 aliphatic rings. The highest BCUT2D eigenvalue weighted by Crippen LogP contribution is 2.17. The first-order valence-corrected chi connectivity index (χ1v) is 6.47. The van der Waals surface area contributed by atoms with Gasteiger partial charge in [-0.15, -0.1) is 0 Å². The lowest BCUT2D eigenvalue weighted by Gasteiger charge is -2.40. The molecule has 6 nitrogen and oxygen atoms in total. The zero-order chi connectivity index (χ0) is 14.8. The van der Waals surface area contributed by atoms with Gasteiger partial charge < -0.3 is 15.0 Å². The number of aromatic nitrogens is 1. The number of nitrogens with one attached hydrogen (secondary N) is 1. The fraction of sp³-hybridized carbons (Fsp3) is 0.500. The number of hydrogen-bond acceptors (Lipinski definition) is 4. The van der Waals surface area contributed by atoms with Gasteiger partial charge in [0, 0.05) is 17.8 Å². The number of rotatable bonds is 2. The van der Waals surface area contributed by atoms with Crippen LogP contribution in [-0.4, -0.2) is 40.6 Å². The minimum atomic E-state index is -0.244. The molecule has 20 heavy (non-hydrogen) atoms. The topological polar surface area (TPSA) is 78.3 Å². The highest BCUT2D eigenvalue weighted by atomic mass is 16.5. The van der Waals surface area contributed by atoms with Crippen LogP contribution in [0.3, 0.4) is 0 Å². The van der Waals surface area contributed by atoms with Crippen LogP contribution < -0.4 is 10.1 Å². The van der Waals surface area contributed by atoms with E-state index in [-0.39, 0.29) is 17.7 Å². The predicted octanol–water partition coefficient (Wildman–Crippen LogP) is 1.52. The molecule has 2 rings (SSSR count). The molecule has 1 aromatic heterocycles. The maximum absolute atomic E-state index is 11.8. The quantitative estimate of drug-likeness (QED) is 0.887. The number of urea groups is 1. The van der Waals surface area contributed by atoms with Crippen molar-refractivity contribution in [2.75, 3.05) is 13.1 Å². The van der Waals surface area contributed by atoms with Crippen LogP contribution in [0.25, 0.3) is 0 Å². The predicted molar refractivity (Wildman–Crippen MR) is 73.2 cm³/mol. The van der Waals surface area contributed by atoms with Crippen molar-refractivity contribution < 1.29 is 9.53 Å². The van der Waals surface area contributed by atoms with Gasteiger partial charge in [-0.3, -0.25) is 0 Å². The van der Waals surface area contributed by atoms with E-state index < -0.39 is 0 Å². The zero-order valence-corrected chi connectivity index (χ0v) is 11.9. The van der Waals surface area contributed by atoms with Gasteiger partial charge in [0.25, 0.3) is 0 Å². The Hall–Kier alpha value is -2.29. The minimum Gasteiger partial charge on any atom is -0.471 e. The molecule has 0 aromatic carbocycles. The van der Waals surface area contributed by atoms with Crippen molar-refractivity contribution in [3.05, 3.63) is 23.9 Å². The second-order valence-corrected chi connectivity index (χ2v) is 5.82. The average Bonchev–Trinajstić information content (AvgIpc) is 2.31. The van der Waals surface area contributed by atoms with E-state index in [0.717, 1.165) is 0 Å². The minimum absolute atomic E-state index is 0.0674. The van der Waals surface area contributed by atoms with Gasteiger partial charge in [0.05, 0.1) is 24.7 Å². The van der Waals surface area contributed by atoms with Gasteiger partial charge in [-0.25, -0.2) is 9.78 Å². The van der Waals surface area contributed by atoms with Crippen LogP contribution in [0.1, 0.15) is 26.3 Å². The van der Waals surface area contributed by atoms with E-state index >= 15 is 0 Å². The van der Waals surface area contributed by atoms with Gasteiger partial charge in [-0.1, -0.05) is 0 Å². The average molecular weight is 274 g/mol. The largest absolute Gasteiger partial charge is 0.471 e. The lowest BCUT2D eigenvalue weighted by atomic mass is 10.1. The van der Waals surface area contributed by atoms with Crippen LogP contribution in [0.15, 0.2) is 18.3 Å². The lowest BCUT2D eigenvalue weighted by Crippen LogP contribution is -2.61. The third kappa shape index (κ3) is 3.60. The van der Waals surface area contributed by atoms with Crippen molar-refractivity contribution in [1.82, 2.24) is 15.2 Å². The number of hydrogen-bond donors (Lipinski definition) is 1. The van der Waals surface area contributed by atoms with E-state index in [9.17, 15) is 4.79 Å². The summed E-state index contributed by atoms with van der Waals surface area (Å²) in [5, 5.41) is 11.7. The lowest BCUT2D eigenvalue weighted by molar-refractivity contribution is 0.0393. The Morgan fingerprint density at radius 3 is 2.85 bits per heavy atom. The highest BCUT2D eigenvalue weighted by molar-refractivity contribution is 5.75. The van der Waals surface area contributed by atoms with E-state index in [1.807, 2.05) is 26.8 Å². The van der Waals surface area contributed by atoms with Crippen molar-refractivity contribution in [1.29, 1.82) is 5.26 Å². The van der Waals surface area contributed by atoms with E-state index in [1.165, 1.54) is 6.20 Å². The second-order valence-electron chi connectivity index (χ2n) is 5.82. The molecule has 0 atom stereocenters. The highest BCUT2D eigenvalue weighted by Gasteiger charge is 2.33. The van der Waals surface area contributed by atoms with Gasteiger partial charge in [0.1, 0.15) is 6.10 Å². The SMILES string of the molecule is CC(C)(C)NC(=O)N1CC(Oc2cc(C#N)ccn2)C1. The van der Waals surface area contributed by atoms with Crippen LogP contribution in [0.4, 0.5) is 4.79 Å². The number of carbonyl (C=O) groups excluding carboxylic acids is 1. The summed E-state index contributed by atoms with van der Waals surface area (Å²) in [6, 6.07) is 5.16. The van der Waals surface area contributed by atoms with Crippen molar-refractivity contribution >= 4 is 6.03 Å². The molecule has 0 spiro atoms. The first kappa shape index (κ1) is 14.1. The maximum Gasteiger partial charge on any atom is 0.318 e. The summed E-state index contributed by atoms with van der Waals surface area (Å²) >= 11 is 0. The number of ether oxygens (including phenoxy) is 1. The Morgan fingerprint density at radius 2 is 2.25 bits per heavy atom. The van der Waals surface area contributed by atoms with E-state index in [2.05, 4.69) is 10.3 Å². The number of carbonyl (C=O) groups is 1. The summed E-state index contributed by atoms with van der Waals surface area (Å²) in [5.74, 6) is 0.421. The fourth-order valence-electron chi connectivity index (χ4n) is 1.79. The molecule has 6 heteroatoms. The van der Waals surface area contributed by atoms with Gasteiger partial charge in [-0.05, 0) is 26.8 Å². The molecule has 0 saturated carbocycles. The summed E-state index contributed by atoms with van der Waals surface area (Å²) in [5.41, 5.74) is 0.266. The monoisotopic (exact) mass is 274 g/mol. The molecule has 1 fully saturated rings. The molecule has 0 aliphatic carbocycles. The first-order chi connectivity index (χ1) is 9.37. The van der Waals surface area contributed by atoms with E-state index in [4.69, 9.17) is 10.00 Å². The maximum atomic E-state index is 11.8. The molecule has 106 valence electrons. The van der Waals surface area contributed by atoms with E-state index in [0.29, 0.717) is 24.5 Å². The Balaban J connectivity index is 1.82. The van der Waals surface area contributed by atoms with Crippen molar-refractivity contribution in [3.63, 3.8) is 0 Å². The molecule has 2 heterocycles. The zero-order valence-electron chi connectivity index (χ0n) is 11.9. The van der Waals surface area contributed by atoms with Crippen molar-refractivity contribution in [3.8, 4) is 11.9 Å². The number of amides is 2. The Morgan fingerprint density at radius 1 is 1.55 bits per heavy atom. The van der Waals surface area contributed by atoms with Crippen LogP contribution in [0, 0.1) is 11.3 Å². The standard InChI is InChI=1S/C14H18N4O2/c1-14(2,3)17-13(19)18-8-11(9-18)20-12-6-10(7-15)4-5-16-12/h4-6,11H,8-9H2,1-3H3,(H,17,19). The Bertz CT molecular complexity index is 539. The van der Waals surface area contributed by atoms with E-state index in [1.54, 1.807) is 17.0 Å². The summed E-state index contributed by atoms with van der Waals surface area (Å²) in [6.45, 7) is 6.88. The third-order valence-electron chi connectivity index (χ3n) is 2.77. The fourth-order valence-corrected chi connectivity index (χ4v) is 1.79. The summed E-state index contributed by atoms with van der Waals surface area (Å²) in [6.07, 6.45) is 1.47. The van der Waals surface area contributed by atoms with Crippen LogP contribution >= 0.6 is 0 Å². The smallest absolute Gasteiger partial charge is 0.318 e. The number of nitriles is 1. The second kappa shape index (κ2) is 5.37. The van der Waals surface area contributed by atoms with Gasteiger partial charge >= 0.3 is 6.03 Å². The van der Waals surface area contributed by atoms with Crippen LogP contribution in [0.2, 0.25) is 0 Å². The molecular formula is C14H18N4O2. The van der Waals surface area contributed by atoms with Crippen molar-refractivity contribution in [2.45, 2.75) is 32.4 Å². The normalized spacial score (nSPS) is 15.2. The number of likely N-dealkylation sites (tertiary alicyclic amines) is 1. The molecule has 2 amide bonds. The molecular weight excluding hydrogens is 256 g/mol. The van der Waals surface area contributed by atoms with Crippen LogP contribution in [0.5, 0.6) is 5.88 Å². The number of nitrogens with zero attached hydrogens (tertiary/aromatic N) is 3. The van der Waals surface area contributed by atoms with Crippen molar-refractivity contribution in [2.24, 2.45) is 0 Å².